The van der Waals surface area contributed by atoms with Crippen molar-refractivity contribution in [3.63, 3.8) is 0 Å². The minimum atomic E-state index is -0.472. The zero-order valence-electron chi connectivity index (χ0n) is 13.4. The van der Waals surface area contributed by atoms with Crippen LogP contribution in [0.15, 0.2) is 22.7 Å². The van der Waals surface area contributed by atoms with Gasteiger partial charge in [-0.3, -0.25) is 15.6 Å². The van der Waals surface area contributed by atoms with Gasteiger partial charge in [0.2, 0.25) is 0 Å². The molecule has 1 rings (SSSR count). The first kappa shape index (κ1) is 19.8. The van der Waals surface area contributed by atoms with E-state index in [1.165, 1.54) is 31.4 Å². The van der Waals surface area contributed by atoms with Gasteiger partial charge < -0.3 is 5.32 Å². The van der Waals surface area contributed by atoms with Gasteiger partial charge in [0, 0.05) is 11.0 Å². The van der Waals surface area contributed by atoms with Crippen molar-refractivity contribution in [1.82, 2.24) is 16.2 Å². The molecule has 1 amide bonds. The molecule has 4 nitrogen and oxygen atoms in total. The zero-order valence-corrected chi connectivity index (χ0v) is 15.8. The van der Waals surface area contributed by atoms with Gasteiger partial charge >= 0.3 is 0 Å². The summed E-state index contributed by atoms with van der Waals surface area (Å²) in [7, 11) is 0. The minimum absolute atomic E-state index is 0.202. The number of hydrazine groups is 1. The van der Waals surface area contributed by atoms with Crippen LogP contribution in [0.3, 0.4) is 0 Å². The molecule has 0 aromatic heterocycles. The molecule has 0 radical (unpaired) electrons. The van der Waals surface area contributed by atoms with E-state index in [0.717, 1.165) is 19.0 Å². The molecule has 0 aliphatic carbocycles. The third-order valence-electron chi connectivity index (χ3n) is 3.37. The number of hydrogen-bond acceptors (Lipinski definition) is 2. The predicted octanol–water partition coefficient (Wildman–Crippen LogP) is 3.91. The van der Waals surface area contributed by atoms with Crippen LogP contribution in [0.1, 0.15) is 49.9 Å². The maximum Gasteiger partial charge on any atom is 0.270 e. The minimum Gasteiger partial charge on any atom is -0.361 e. The van der Waals surface area contributed by atoms with Gasteiger partial charge in [-0.25, -0.2) is 4.39 Å². The predicted molar refractivity (Wildman–Crippen MR) is 98.6 cm³/mol. The molecule has 1 aromatic carbocycles. The van der Waals surface area contributed by atoms with Crippen LogP contribution >= 0.6 is 28.1 Å². The Bertz CT molecular complexity index is 542. The Morgan fingerprint density at radius 1 is 1.35 bits per heavy atom. The van der Waals surface area contributed by atoms with Crippen LogP contribution in [-0.2, 0) is 0 Å². The van der Waals surface area contributed by atoms with E-state index in [2.05, 4.69) is 45.9 Å². The summed E-state index contributed by atoms with van der Waals surface area (Å²) in [5.41, 5.74) is 5.28. The summed E-state index contributed by atoms with van der Waals surface area (Å²) in [5, 5.41) is 3.40. The Hall–Kier alpha value is -1.21. The van der Waals surface area contributed by atoms with E-state index in [4.69, 9.17) is 12.2 Å². The van der Waals surface area contributed by atoms with Gasteiger partial charge in [0.05, 0.1) is 5.56 Å². The molecule has 3 N–H and O–H groups in total. The standard InChI is InChI=1S/C16H23BrFN3OS/c1-3-4-5-6-11(2)10-19-16(23)21-20-15(22)13-9-12(18)7-8-14(13)17/h7-9,11H,3-6,10H2,1-2H3,(H,20,22)(H2,19,21,23)/t11-/m0/s1. The van der Waals surface area contributed by atoms with E-state index in [1.807, 2.05) is 0 Å². The van der Waals surface area contributed by atoms with Crippen molar-refractivity contribution in [2.75, 3.05) is 6.54 Å². The number of hydrogen-bond donors (Lipinski definition) is 3. The van der Waals surface area contributed by atoms with E-state index in [0.29, 0.717) is 15.5 Å². The molecule has 0 fully saturated rings. The highest BCUT2D eigenvalue weighted by Crippen LogP contribution is 2.17. The summed E-state index contributed by atoms with van der Waals surface area (Å²) in [6.45, 7) is 5.09. The van der Waals surface area contributed by atoms with Crippen LogP contribution in [0.4, 0.5) is 4.39 Å². The summed E-state index contributed by atoms with van der Waals surface area (Å²) in [5.74, 6) is -0.425. The molecule has 0 aliphatic rings. The number of benzene rings is 1. The lowest BCUT2D eigenvalue weighted by atomic mass is 10.0. The Kier molecular flexibility index (Phi) is 9.09. The summed E-state index contributed by atoms with van der Waals surface area (Å²) in [6.07, 6.45) is 4.81. The molecule has 0 unspecified atom stereocenters. The molecular weight excluding hydrogens is 381 g/mol. The fraction of sp³-hybridized carbons (Fsp3) is 0.500. The third-order valence-corrected chi connectivity index (χ3v) is 4.31. The van der Waals surface area contributed by atoms with Crippen LogP contribution in [0.2, 0.25) is 0 Å². The van der Waals surface area contributed by atoms with E-state index in [-0.39, 0.29) is 5.56 Å². The molecule has 7 heteroatoms. The van der Waals surface area contributed by atoms with Crippen LogP contribution in [0.5, 0.6) is 0 Å². The molecule has 1 aromatic rings. The van der Waals surface area contributed by atoms with E-state index in [9.17, 15) is 9.18 Å². The van der Waals surface area contributed by atoms with Crippen molar-refractivity contribution in [2.24, 2.45) is 5.92 Å². The van der Waals surface area contributed by atoms with Crippen molar-refractivity contribution in [3.05, 3.63) is 34.1 Å². The van der Waals surface area contributed by atoms with Gasteiger partial charge in [-0.15, -0.1) is 0 Å². The first-order valence-corrected chi connectivity index (χ1v) is 8.93. The van der Waals surface area contributed by atoms with Crippen molar-refractivity contribution in [1.29, 1.82) is 0 Å². The molecule has 0 spiro atoms. The summed E-state index contributed by atoms with van der Waals surface area (Å²) < 4.78 is 13.7. The highest BCUT2D eigenvalue weighted by atomic mass is 79.9. The number of nitrogens with one attached hydrogen (secondary N) is 3. The molecule has 128 valence electrons. The number of thiocarbonyl (C=S) groups is 1. The summed E-state index contributed by atoms with van der Waals surface area (Å²) >= 11 is 8.33. The molecule has 0 saturated carbocycles. The van der Waals surface area contributed by atoms with Crippen molar-refractivity contribution < 1.29 is 9.18 Å². The number of halogens is 2. The topological polar surface area (TPSA) is 53.2 Å². The van der Waals surface area contributed by atoms with Gasteiger partial charge in [0.15, 0.2) is 5.11 Å². The van der Waals surface area contributed by atoms with Gasteiger partial charge in [-0.2, -0.15) is 0 Å². The van der Waals surface area contributed by atoms with Crippen LogP contribution in [0.25, 0.3) is 0 Å². The van der Waals surface area contributed by atoms with Gasteiger partial charge in [0.25, 0.3) is 5.91 Å². The van der Waals surface area contributed by atoms with E-state index >= 15 is 0 Å². The molecule has 0 saturated heterocycles. The molecular formula is C16H23BrFN3OS. The highest BCUT2D eigenvalue weighted by Gasteiger charge is 2.11. The Morgan fingerprint density at radius 2 is 2.09 bits per heavy atom. The second-order valence-corrected chi connectivity index (χ2v) is 6.78. The maximum absolute atomic E-state index is 13.2. The third kappa shape index (κ3) is 7.74. The molecule has 23 heavy (non-hydrogen) atoms. The zero-order chi connectivity index (χ0) is 17.2. The lowest BCUT2D eigenvalue weighted by Crippen LogP contribution is -2.47. The highest BCUT2D eigenvalue weighted by molar-refractivity contribution is 9.10. The number of unbranched alkanes of at least 4 members (excludes halogenated alkanes) is 2. The average molecular weight is 404 g/mol. The lowest BCUT2D eigenvalue weighted by molar-refractivity contribution is 0.0942. The average Bonchev–Trinajstić information content (AvgIpc) is 2.53. The Labute approximate surface area is 150 Å². The van der Waals surface area contributed by atoms with Crippen molar-refractivity contribution >= 4 is 39.2 Å². The SMILES string of the molecule is CCCCC[C@H](C)CNC(=S)NNC(=O)c1cc(F)ccc1Br. The normalized spacial score (nSPS) is 11.7. The second-order valence-electron chi connectivity index (χ2n) is 5.51. The van der Waals surface area contributed by atoms with Gasteiger partial charge in [-0.1, -0.05) is 33.1 Å². The number of carbonyl (C=O) groups excluding carboxylic acids is 1. The van der Waals surface area contributed by atoms with Crippen LogP contribution in [-0.4, -0.2) is 17.6 Å². The number of amides is 1. The summed E-state index contributed by atoms with van der Waals surface area (Å²) in [6, 6.07) is 3.92. The Balaban J connectivity index is 2.32. The lowest BCUT2D eigenvalue weighted by Gasteiger charge is -2.15. The number of carbonyl (C=O) groups is 1. The smallest absolute Gasteiger partial charge is 0.270 e. The van der Waals surface area contributed by atoms with Crippen LogP contribution < -0.4 is 16.2 Å². The summed E-state index contributed by atoms with van der Waals surface area (Å²) in [4.78, 5) is 12.0. The van der Waals surface area contributed by atoms with E-state index < -0.39 is 11.7 Å². The largest absolute Gasteiger partial charge is 0.361 e. The molecule has 0 bridgehead atoms. The number of rotatable bonds is 7. The Morgan fingerprint density at radius 3 is 2.78 bits per heavy atom. The van der Waals surface area contributed by atoms with Crippen LogP contribution in [0, 0.1) is 11.7 Å². The fourth-order valence-electron chi connectivity index (χ4n) is 2.01. The quantitative estimate of drug-likeness (QED) is 0.367. The fourth-order valence-corrected chi connectivity index (χ4v) is 2.57. The first-order valence-electron chi connectivity index (χ1n) is 7.73. The molecule has 1 atom stereocenters. The van der Waals surface area contributed by atoms with Crippen molar-refractivity contribution in [3.8, 4) is 0 Å². The molecule has 0 aliphatic heterocycles. The molecule has 0 heterocycles. The monoisotopic (exact) mass is 403 g/mol. The first-order chi connectivity index (χ1) is 10.9. The van der Waals surface area contributed by atoms with Gasteiger partial charge in [-0.05, 0) is 58.7 Å². The van der Waals surface area contributed by atoms with Gasteiger partial charge in [0.1, 0.15) is 5.82 Å². The second kappa shape index (κ2) is 10.5. The van der Waals surface area contributed by atoms with Crippen molar-refractivity contribution in [2.45, 2.75) is 39.5 Å². The maximum atomic E-state index is 13.2. The van der Waals surface area contributed by atoms with E-state index in [1.54, 1.807) is 0 Å².